The van der Waals surface area contributed by atoms with Gasteiger partial charge in [-0.2, -0.15) is 0 Å². The largest absolute Gasteiger partial charge is 0.353 e. The lowest BCUT2D eigenvalue weighted by Crippen LogP contribution is -2.45. The van der Waals surface area contributed by atoms with Crippen LogP contribution in [-0.2, 0) is 4.79 Å². The van der Waals surface area contributed by atoms with Crippen molar-refractivity contribution >= 4 is 17.7 Å². The number of allylic oxidation sites excluding steroid dienone is 1. The highest BCUT2D eigenvalue weighted by Crippen LogP contribution is 2.30. The fourth-order valence-corrected chi connectivity index (χ4v) is 2.94. The maximum absolute atomic E-state index is 11.2. The minimum absolute atomic E-state index is 0.0437. The zero-order valence-electron chi connectivity index (χ0n) is 15.1. The molecule has 1 aliphatic rings. The maximum atomic E-state index is 11.2. The number of benzene rings is 1. The van der Waals surface area contributed by atoms with Crippen molar-refractivity contribution in [1.82, 2.24) is 14.9 Å². The van der Waals surface area contributed by atoms with Crippen LogP contribution in [0.3, 0.4) is 0 Å². The van der Waals surface area contributed by atoms with Crippen LogP contribution in [0, 0.1) is 6.92 Å². The van der Waals surface area contributed by atoms with E-state index in [-0.39, 0.29) is 5.78 Å². The first-order valence-corrected chi connectivity index (χ1v) is 8.59. The summed E-state index contributed by atoms with van der Waals surface area (Å²) in [6.45, 7) is 7.47. The summed E-state index contributed by atoms with van der Waals surface area (Å²) in [4.78, 5) is 25.0. The van der Waals surface area contributed by atoms with Crippen molar-refractivity contribution in [2.45, 2.75) is 13.8 Å². The van der Waals surface area contributed by atoms with Crippen LogP contribution in [0.5, 0.6) is 0 Å². The van der Waals surface area contributed by atoms with Crippen molar-refractivity contribution in [3.63, 3.8) is 0 Å². The zero-order valence-corrected chi connectivity index (χ0v) is 15.1. The van der Waals surface area contributed by atoms with Gasteiger partial charge in [0.1, 0.15) is 11.6 Å². The van der Waals surface area contributed by atoms with Crippen molar-refractivity contribution in [2.24, 2.45) is 0 Å². The monoisotopic (exact) mass is 336 g/mol. The van der Waals surface area contributed by atoms with Gasteiger partial charge in [0.2, 0.25) is 0 Å². The first-order chi connectivity index (χ1) is 12.0. The van der Waals surface area contributed by atoms with Crippen molar-refractivity contribution < 1.29 is 4.79 Å². The molecule has 0 atom stereocenters. The SMILES string of the molecule is CC(=O)/C=C/c1cccc(-c2cnc(C)nc2N2CCN(C)CC2)c1. The molecule has 3 rings (SSSR count). The Bertz CT molecular complexity index is 792. The Morgan fingerprint density at radius 1 is 1.20 bits per heavy atom. The minimum Gasteiger partial charge on any atom is -0.353 e. The van der Waals surface area contributed by atoms with Crippen LogP contribution in [0.2, 0.25) is 0 Å². The Hall–Kier alpha value is -2.53. The maximum Gasteiger partial charge on any atom is 0.152 e. The normalized spacial score (nSPS) is 15.7. The highest BCUT2D eigenvalue weighted by molar-refractivity contribution is 5.91. The average Bonchev–Trinajstić information content (AvgIpc) is 2.61. The van der Waals surface area contributed by atoms with Crippen LogP contribution in [0.1, 0.15) is 18.3 Å². The lowest BCUT2D eigenvalue weighted by atomic mass is 10.0. The van der Waals surface area contributed by atoms with Gasteiger partial charge >= 0.3 is 0 Å². The number of ketones is 1. The fourth-order valence-electron chi connectivity index (χ4n) is 2.94. The molecule has 1 aliphatic heterocycles. The van der Waals surface area contributed by atoms with Crippen LogP contribution >= 0.6 is 0 Å². The molecule has 0 bridgehead atoms. The van der Waals surface area contributed by atoms with Crippen molar-refractivity contribution in [1.29, 1.82) is 0 Å². The number of hydrogen-bond donors (Lipinski definition) is 0. The van der Waals surface area contributed by atoms with E-state index in [0.29, 0.717) is 0 Å². The zero-order chi connectivity index (χ0) is 17.8. The van der Waals surface area contributed by atoms with Crippen LogP contribution in [0.25, 0.3) is 17.2 Å². The third-order valence-corrected chi connectivity index (χ3v) is 4.40. The van der Waals surface area contributed by atoms with Gasteiger partial charge < -0.3 is 9.80 Å². The second kappa shape index (κ2) is 7.57. The van der Waals surface area contributed by atoms with Crippen LogP contribution in [0.4, 0.5) is 5.82 Å². The number of nitrogens with zero attached hydrogens (tertiary/aromatic N) is 4. The molecule has 0 aliphatic carbocycles. The van der Waals surface area contributed by atoms with E-state index in [1.165, 1.54) is 0 Å². The Labute approximate surface area is 149 Å². The lowest BCUT2D eigenvalue weighted by molar-refractivity contribution is -0.112. The predicted molar refractivity (Wildman–Crippen MR) is 102 cm³/mol. The predicted octanol–water partition coefficient (Wildman–Crippen LogP) is 2.81. The molecular formula is C20H24N4O. The number of hydrogen-bond acceptors (Lipinski definition) is 5. The first-order valence-electron chi connectivity index (χ1n) is 8.59. The molecule has 0 radical (unpaired) electrons. The quantitative estimate of drug-likeness (QED) is 0.804. The van der Waals surface area contributed by atoms with Crippen molar-refractivity contribution in [3.8, 4) is 11.1 Å². The van der Waals surface area contributed by atoms with Gasteiger partial charge in [0.05, 0.1) is 0 Å². The number of rotatable bonds is 4. The molecule has 2 heterocycles. The summed E-state index contributed by atoms with van der Waals surface area (Å²) in [5, 5.41) is 0. The molecule has 2 aromatic rings. The Balaban J connectivity index is 1.97. The van der Waals surface area contributed by atoms with E-state index >= 15 is 0 Å². The van der Waals surface area contributed by atoms with Gasteiger partial charge in [0.25, 0.3) is 0 Å². The van der Waals surface area contributed by atoms with Crippen LogP contribution < -0.4 is 4.90 Å². The highest BCUT2D eigenvalue weighted by Gasteiger charge is 2.19. The number of carbonyl (C=O) groups excluding carboxylic acids is 1. The van der Waals surface area contributed by atoms with Gasteiger partial charge in [-0.05, 0) is 44.2 Å². The molecule has 1 saturated heterocycles. The summed E-state index contributed by atoms with van der Waals surface area (Å²) in [6, 6.07) is 8.14. The van der Waals surface area contributed by atoms with Gasteiger partial charge in [0, 0.05) is 37.9 Å². The third kappa shape index (κ3) is 4.31. The third-order valence-electron chi connectivity index (χ3n) is 4.40. The average molecular weight is 336 g/mol. The highest BCUT2D eigenvalue weighted by atomic mass is 16.1. The summed E-state index contributed by atoms with van der Waals surface area (Å²) >= 11 is 0. The lowest BCUT2D eigenvalue weighted by Gasteiger charge is -2.34. The van der Waals surface area contributed by atoms with E-state index in [1.807, 2.05) is 31.3 Å². The van der Waals surface area contributed by atoms with Gasteiger partial charge in [-0.25, -0.2) is 9.97 Å². The molecule has 0 spiro atoms. The number of likely N-dealkylation sites (N-methyl/N-ethyl adjacent to an activating group) is 1. The molecule has 25 heavy (non-hydrogen) atoms. The Morgan fingerprint density at radius 2 is 1.96 bits per heavy atom. The van der Waals surface area contributed by atoms with Crippen molar-refractivity contribution in [3.05, 3.63) is 47.9 Å². The molecule has 1 aromatic carbocycles. The minimum atomic E-state index is 0.0437. The summed E-state index contributed by atoms with van der Waals surface area (Å²) in [5.74, 6) is 1.82. The Kier molecular flexibility index (Phi) is 5.24. The second-order valence-corrected chi connectivity index (χ2v) is 6.51. The van der Waals surface area contributed by atoms with Gasteiger partial charge in [-0.15, -0.1) is 0 Å². The standard InChI is InChI=1S/C20H24N4O/c1-15(25)7-8-17-5-4-6-18(13-17)19-14-21-16(2)22-20(19)24-11-9-23(3)10-12-24/h4-8,13-14H,9-12H2,1-3H3/b8-7+. The summed E-state index contributed by atoms with van der Waals surface area (Å²) in [7, 11) is 2.15. The number of aryl methyl sites for hydroxylation is 1. The van der Waals surface area contributed by atoms with E-state index in [4.69, 9.17) is 4.98 Å². The molecule has 0 saturated carbocycles. The fraction of sp³-hybridized carbons (Fsp3) is 0.350. The molecule has 5 nitrogen and oxygen atoms in total. The van der Waals surface area contributed by atoms with E-state index < -0.39 is 0 Å². The van der Waals surface area contributed by atoms with Crippen LogP contribution in [0.15, 0.2) is 36.5 Å². The number of aromatic nitrogens is 2. The van der Waals surface area contributed by atoms with E-state index in [1.54, 1.807) is 13.0 Å². The molecule has 130 valence electrons. The van der Waals surface area contributed by atoms with E-state index in [9.17, 15) is 4.79 Å². The molecule has 0 amide bonds. The van der Waals surface area contributed by atoms with Gasteiger partial charge in [-0.3, -0.25) is 4.79 Å². The Morgan fingerprint density at radius 3 is 2.68 bits per heavy atom. The van der Waals surface area contributed by atoms with Gasteiger partial charge in [0.15, 0.2) is 5.78 Å². The molecule has 0 N–H and O–H groups in total. The van der Waals surface area contributed by atoms with E-state index in [2.05, 4.69) is 34.0 Å². The second-order valence-electron chi connectivity index (χ2n) is 6.51. The molecule has 5 heteroatoms. The van der Waals surface area contributed by atoms with Gasteiger partial charge in [-0.1, -0.05) is 24.3 Å². The topological polar surface area (TPSA) is 49.3 Å². The number of anilines is 1. The number of carbonyl (C=O) groups is 1. The van der Waals surface area contributed by atoms with E-state index in [0.717, 1.165) is 54.5 Å². The molecular weight excluding hydrogens is 312 g/mol. The summed E-state index contributed by atoms with van der Waals surface area (Å²) < 4.78 is 0. The molecule has 0 unspecified atom stereocenters. The van der Waals surface area contributed by atoms with Crippen molar-refractivity contribution in [2.75, 3.05) is 38.1 Å². The molecule has 1 fully saturated rings. The summed E-state index contributed by atoms with van der Waals surface area (Å²) in [6.07, 6.45) is 5.34. The van der Waals surface area contributed by atoms with Crippen LogP contribution in [-0.4, -0.2) is 53.9 Å². The first kappa shape index (κ1) is 17.3. The molecule has 1 aromatic heterocycles. The number of piperazine rings is 1. The summed E-state index contributed by atoms with van der Waals surface area (Å²) in [5.41, 5.74) is 3.10. The smallest absolute Gasteiger partial charge is 0.152 e.